The molecule has 2 aromatic carbocycles. The number of hydrogen-bond donors (Lipinski definition) is 0. The van der Waals surface area contributed by atoms with E-state index in [1.807, 2.05) is 19.1 Å². The van der Waals surface area contributed by atoms with E-state index in [-0.39, 0.29) is 17.2 Å². The molecule has 0 aliphatic heterocycles. The van der Waals surface area contributed by atoms with Crippen molar-refractivity contribution in [1.82, 2.24) is 10.2 Å². The Kier molecular flexibility index (Phi) is 5.84. The number of carbonyl (C=O) groups excluding carboxylic acids is 1. The number of aryl methyl sites for hydroxylation is 3. The Labute approximate surface area is 167 Å². The van der Waals surface area contributed by atoms with Crippen molar-refractivity contribution in [2.75, 3.05) is 5.75 Å². The third kappa shape index (κ3) is 4.43. The van der Waals surface area contributed by atoms with Gasteiger partial charge in [0.05, 0.1) is 16.4 Å². The van der Waals surface area contributed by atoms with Crippen LogP contribution in [-0.4, -0.2) is 26.7 Å². The molecule has 3 aromatic rings. The van der Waals surface area contributed by atoms with Gasteiger partial charge in [-0.15, -0.1) is 10.2 Å². The molecule has 6 nitrogen and oxygen atoms in total. The van der Waals surface area contributed by atoms with E-state index in [0.29, 0.717) is 10.6 Å². The largest absolute Gasteiger partial charge is 0.293 e. The van der Waals surface area contributed by atoms with Gasteiger partial charge in [-0.1, -0.05) is 30.0 Å². The third-order valence-electron chi connectivity index (χ3n) is 4.49. The van der Waals surface area contributed by atoms with Crippen LogP contribution in [-0.2, 0) is 0 Å². The molecule has 0 aliphatic rings. The van der Waals surface area contributed by atoms with Crippen molar-refractivity contribution in [3.63, 3.8) is 0 Å². The summed E-state index contributed by atoms with van der Waals surface area (Å²) in [4.78, 5) is 22.6. The van der Waals surface area contributed by atoms with Gasteiger partial charge < -0.3 is 0 Å². The lowest BCUT2D eigenvalue weighted by Gasteiger charge is -2.09. The molecule has 0 N–H and O–H groups in total. The number of hydrogen-bond acceptors (Lipinski definition) is 6. The standard InChI is InChI=1S/C21H19N3O3S/c1-13-9-15(3)18(10-14(13)2)19-7-8-21(23-22-19)28-12-20(25)16-5-4-6-17(11-16)24(26)27/h4-11H,12H2,1-3H3. The van der Waals surface area contributed by atoms with Gasteiger partial charge in [-0.25, -0.2) is 0 Å². The molecule has 0 fully saturated rings. The maximum Gasteiger partial charge on any atom is 0.270 e. The molecule has 0 saturated carbocycles. The second-order valence-electron chi connectivity index (χ2n) is 6.53. The van der Waals surface area contributed by atoms with E-state index in [9.17, 15) is 14.9 Å². The molecule has 0 radical (unpaired) electrons. The summed E-state index contributed by atoms with van der Waals surface area (Å²) in [5, 5.41) is 20.0. The van der Waals surface area contributed by atoms with Gasteiger partial charge in [0.2, 0.25) is 0 Å². The zero-order valence-electron chi connectivity index (χ0n) is 15.8. The SMILES string of the molecule is Cc1cc(C)c(-c2ccc(SCC(=O)c3cccc([N+](=O)[O-])c3)nn2)cc1C. The first-order chi connectivity index (χ1) is 13.3. The van der Waals surface area contributed by atoms with Crippen molar-refractivity contribution in [1.29, 1.82) is 0 Å². The van der Waals surface area contributed by atoms with Crippen molar-refractivity contribution in [2.24, 2.45) is 0 Å². The number of ketones is 1. The molecule has 0 saturated heterocycles. The average Bonchev–Trinajstić information content (AvgIpc) is 2.69. The molecule has 0 unspecified atom stereocenters. The van der Waals surface area contributed by atoms with Crippen LogP contribution in [0.4, 0.5) is 5.69 Å². The molecule has 0 bridgehead atoms. The number of benzene rings is 2. The molecule has 0 amide bonds. The zero-order chi connectivity index (χ0) is 20.3. The second-order valence-corrected chi connectivity index (χ2v) is 7.52. The minimum Gasteiger partial charge on any atom is -0.293 e. The van der Waals surface area contributed by atoms with Gasteiger partial charge in [0.15, 0.2) is 5.78 Å². The molecule has 1 aromatic heterocycles. The summed E-state index contributed by atoms with van der Waals surface area (Å²) in [5.41, 5.74) is 5.62. The molecule has 0 atom stereocenters. The Bertz CT molecular complexity index is 1050. The molecule has 0 aliphatic carbocycles. The predicted octanol–water partition coefficient (Wildman–Crippen LogP) is 4.95. The summed E-state index contributed by atoms with van der Waals surface area (Å²) in [7, 11) is 0. The van der Waals surface area contributed by atoms with Crippen molar-refractivity contribution in [3.8, 4) is 11.3 Å². The summed E-state index contributed by atoms with van der Waals surface area (Å²) in [6.45, 7) is 6.19. The Morgan fingerprint density at radius 1 is 1.00 bits per heavy atom. The highest BCUT2D eigenvalue weighted by Gasteiger charge is 2.13. The Morgan fingerprint density at radius 3 is 2.43 bits per heavy atom. The Balaban J connectivity index is 1.70. The summed E-state index contributed by atoms with van der Waals surface area (Å²) in [6.07, 6.45) is 0. The quantitative estimate of drug-likeness (QED) is 0.255. The van der Waals surface area contributed by atoms with E-state index in [1.54, 1.807) is 6.07 Å². The lowest BCUT2D eigenvalue weighted by Crippen LogP contribution is -2.03. The molecule has 142 valence electrons. The molecule has 7 heteroatoms. The second kappa shape index (κ2) is 8.31. The molecule has 28 heavy (non-hydrogen) atoms. The zero-order valence-corrected chi connectivity index (χ0v) is 16.6. The first kappa shape index (κ1) is 19.7. The number of carbonyl (C=O) groups is 1. The van der Waals surface area contributed by atoms with Gasteiger partial charge in [0.1, 0.15) is 5.03 Å². The smallest absolute Gasteiger partial charge is 0.270 e. The van der Waals surface area contributed by atoms with Gasteiger partial charge in [0.25, 0.3) is 5.69 Å². The highest BCUT2D eigenvalue weighted by atomic mass is 32.2. The number of Topliss-reactive ketones (excluding diaryl/α,β-unsaturated/α-hetero) is 1. The van der Waals surface area contributed by atoms with Crippen LogP contribution in [0.25, 0.3) is 11.3 Å². The lowest BCUT2D eigenvalue weighted by molar-refractivity contribution is -0.384. The summed E-state index contributed by atoms with van der Waals surface area (Å²) in [6, 6.07) is 13.7. The van der Waals surface area contributed by atoms with Crippen LogP contribution in [0.15, 0.2) is 53.6 Å². The monoisotopic (exact) mass is 393 g/mol. The molecule has 1 heterocycles. The van der Waals surface area contributed by atoms with Crippen LogP contribution < -0.4 is 0 Å². The topological polar surface area (TPSA) is 86.0 Å². The predicted molar refractivity (Wildman–Crippen MR) is 110 cm³/mol. The fraction of sp³-hybridized carbons (Fsp3) is 0.190. The van der Waals surface area contributed by atoms with Gasteiger partial charge in [-0.2, -0.15) is 0 Å². The minimum absolute atomic E-state index is 0.0937. The van der Waals surface area contributed by atoms with E-state index >= 15 is 0 Å². The van der Waals surface area contributed by atoms with Crippen LogP contribution in [0, 0.1) is 30.9 Å². The minimum atomic E-state index is -0.511. The van der Waals surface area contributed by atoms with E-state index in [2.05, 4.69) is 36.2 Å². The number of non-ortho nitro benzene ring substituents is 1. The fourth-order valence-corrected chi connectivity index (χ4v) is 3.50. The van der Waals surface area contributed by atoms with Gasteiger partial charge in [-0.05, 0) is 55.7 Å². The Hall–Kier alpha value is -3.06. The number of nitrogens with zero attached hydrogens (tertiary/aromatic N) is 3. The molecular formula is C21H19N3O3S. The van der Waals surface area contributed by atoms with Crippen molar-refractivity contribution in [2.45, 2.75) is 25.8 Å². The maximum absolute atomic E-state index is 12.3. The lowest BCUT2D eigenvalue weighted by atomic mass is 9.99. The van der Waals surface area contributed by atoms with Crippen LogP contribution >= 0.6 is 11.8 Å². The summed E-state index contributed by atoms with van der Waals surface area (Å²) >= 11 is 1.26. The number of thioether (sulfide) groups is 1. The molecule has 0 spiro atoms. The van der Waals surface area contributed by atoms with Crippen molar-refractivity contribution in [3.05, 3.63) is 80.9 Å². The highest BCUT2D eigenvalue weighted by Crippen LogP contribution is 2.26. The first-order valence-electron chi connectivity index (χ1n) is 8.67. The van der Waals surface area contributed by atoms with Crippen LogP contribution in [0.5, 0.6) is 0 Å². The average molecular weight is 393 g/mol. The molecular weight excluding hydrogens is 374 g/mol. The van der Waals surface area contributed by atoms with Crippen LogP contribution in [0.2, 0.25) is 0 Å². The van der Waals surface area contributed by atoms with Crippen molar-refractivity contribution < 1.29 is 9.72 Å². The Morgan fingerprint density at radius 2 is 1.75 bits per heavy atom. The van der Waals surface area contributed by atoms with Gasteiger partial charge >= 0.3 is 0 Å². The highest BCUT2D eigenvalue weighted by molar-refractivity contribution is 7.99. The van der Waals surface area contributed by atoms with E-state index in [0.717, 1.165) is 16.8 Å². The van der Waals surface area contributed by atoms with Gasteiger partial charge in [-0.3, -0.25) is 14.9 Å². The number of nitro groups is 1. The van der Waals surface area contributed by atoms with Crippen molar-refractivity contribution >= 4 is 23.2 Å². The number of rotatable bonds is 6. The first-order valence-corrected chi connectivity index (χ1v) is 9.66. The third-order valence-corrected chi connectivity index (χ3v) is 5.41. The molecule has 3 rings (SSSR count). The van der Waals surface area contributed by atoms with E-state index in [4.69, 9.17) is 0 Å². The maximum atomic E-state index is 12.3. The summed E-state index contributed by atoms with van der Waals surface area (Å²) < 4.78 is 0. The van der Waals surface area contributed by atoms with E-state index in [1.165, 1.54) is 41.1 Å². The van der Waals surface area contributed by atoms with Crippen LogP contribution in [0.3, 0.4) is 0 Å². The van der Waals surface area contributed by atoms with Crippen LogP contribution in [0.1, 0.15) is 27.0 Å². The number of aromatic nitrogens is 2. The number of nitro benzene ring substituents is 1. The summed E-state index contributed by atoms with van der Waals surface area (Å²) in [5.74, 6) is -0.0534. The van der Waals surface area contributed by atoms with E-state index < -0.39 is 4.92 Å². The normalized spacial score (nSPS) is 10.7. The fourth-order valence-electron chi connectivity index (χ4n) is 2.79. The van der Waals surface area contributed by atoms with Gasteiger partial charge in [0, 0.05) is 23.3 Å².